The molecule has 0 bridgehead atoms. The maximum absolute atomic E-state index is 7.33. The molecule has 0 rings (SSSR count). The van der Waals surface area contributed by atoms with E-state index in [1.807, 2.05) is 0 Å². The smallest absolute Gasteiger partial charge is 1.00 e. The quantitative estimate of drug-likeness (QED) is 0.230. The molecule has 1 unspecified atom stereocenters. The van der Waals surface area contributed by atoms with Gasteiger partial charge in [0.1, 0.15) is 0 Å². The zero-order chi connectivity index (χ0) is 4.50. The van der Waals surface area contributed by atoms with Gasteiger partial charge < -0.3 is 22.0 Å². The molecule has 0 aliphatic heterocycles. The van der Waals surface area contributed by atoms with E-state index in [4.69, 9.17) is 19.2 Å². The SMILES string of the molecule is O[Si](O)(O)O.P.[AlH3].[H-].[H-].[Mg+2]. The van der Waals surface area contributed by atoms with Crippen molar-refractivity contribution in [2.75, 3.05) is 0 Å². The van der Waals surface area contributed by atoms with Crippen LogP contribution in [0.4, 0.5) is 0 Å². The van der Waals surface area contributed by atoms with Gasteiger partial charge in [-0.25, -0.2) is 0 Å². The van der Waals surface area contributed by atoms with E-state index in [0.717, 1.165) is 0 Å². The van der Waals surface area contributed by atoms with Crippen molar-refractivity contribution in [2.24, 2.45) is 0 Å². The van der Waals surface area contributed by atoms with Gasteiger partial charge in [0.25, 0.3) is 0 Å². The summed E-state index contributed by atoms with van der Waals surface area (Å²) in [6.45, 7) is 0. The summed E-state index contributed by atoms with van der Waals surface area (Å²) in [5, 5.41) is 0. The minimum absolute atomic E-state index is 0. The second-order valence-corrected chi connectivity index (χ2v) is 1.80. The second-order valence-electron chi connectivity index (χ2n) is 0.600. The summed E-state index contributed by atoms with van der Waals surface area (Å²) in [6.07, 6.45) is 0. The zero-order valence-corrected chi connectivity index (χ0v) is 7.53. The number of hydrogen-bond donors (Lipinski definition) is 4. The van der Waals surface area contributed by atoms with Gasteiger partial charge in [-0.15, -0.1) is 0 Å². The first-order valence-corrected chi connectivity index (χ1v) is 2.68. The fourth-order valence-corrected chi connectivity index (χ4v) is 0. The van der Waals surface area contributed by atoms with Crippen LogP contribution in [0.1, 0.15) is 2.85 Å². The third kappa shape index (κ3) is 112. The van der Waals surface area contributed by atoms with Crippen LogP contribution in [0.3, 0.4) is 0 Å². The molecule has 0 aliphatic rings. The van der Waals surface area contributed by atoms with Gasteiger partial charge in [0.15, 0.2) is 17.4 Å². The van der Waals surface area contributed by atoms with Crippen LogP contribution in [0.15, 0.2) is 0 Å². The van der Waals surface area contributed by atoms with Gasteiger partial charge in [-0.05, 0) is 0 Å². The van der Waals surface area contributed by atoms with E-state index in [2.05, 4.69) is 0 Å². The molecule has 0 saturated heterocycles. The summed E-state index contributed by atoms with van der Waals surface area (Å²) < 4.78 is 0. The molecule has 0 saturated carbocycles. The van der Waals surface area contributed by atoms with E-state index < -0.39 is 9.05 Å². The topological polar surface area (TPSA) is 80.9 Å². The molecule has 8 heteroatoms. The molecule has 0 aromatic rings. The van der Waals surface area contributed by atoms with Gasteiger partial charge in [0, 0.05) is 0 Å². The molecule has 0 aliphatic carbocycles. The summed E-state index contributed by atoms with van der Waals surface area (Å²) in [4.78, 5) is 29.3. The van der Waals surface area contributed by atoms with Crippen LogP contribution in [0.25, 0.3) is 0 Å². The van der Waals surface area contributed by atoms with Gasteiger partial charge >= 0.3 is 32.1 Å². The van der Waals surface area contributed by atoms with E-state index in [1.165, 1.54) is 0 Å². The summed E-state index contributed by atoms with van der Waals surface area (Å²) in [5.41, 5.74) is 0. The van der Waals surface area contributed by atoms with E-state index in [1.54, 1.807) is 0 Å². The molecule has 1 atom stereocenters. The van der Waals surface area contributed by atoms with E-state index >= 15 is 0 Å². The van der Waals surface area contributed by atoms with Crippen LogP contribution in [-0.2, 0) is 0 Å². The van der Waals surface area contributed by atoms with Crippen LogP contribution in [0.2, 0.25) is 0 Å². The van der Waals surface area contributed by atoms with Gasteiger partial charge in [0.05, 0.1) is 0 Å². The fraction of sp³-hybridized carbons (Fsp3) is 0. The second kappa shape index (κ2) is 8.79. The largest absolute Gasteiger partial charge is 2.00 e. The average Bonchev–Trinajstić information content (AvgIpc) is 0.722. The number of rotatable bonds is 0. The Morgan fingerprint density at radius 3 is 1.00 bits per heavy atom. The van der Waals surface area contributed by atoms with E-state index in [9.17, 15) is 0 Å². The Morgan fingerprint density at radius 2 is 1.00 bits per heavy atom. The van der Waals surface area contributed by atoms with Crippen molar-refractivity contribution in [3.05, 3.63) is 0 Å². The fourth-order valence-electron chi connectivity index (χ4n) is 0. The summed E-state index contributed by atoms with van der Waals surface area (Å²) in [5.74, 6) is 0. The Morgan fingerprint density at radius 1 is 1.00 bits per heavy atom. The van der Waals surface area contributed by atoms with Crippen molar-refractivity contribution >= 4 is 59.4 Å². The van der Waals surface area contributed by atoms with Gasteiger partial charge in [0.2, 0.25) is 0 Å². The molecule has 0 aromatic carbocycles. The monoisotopic (exact) mass is 186 g/mol. The molecule has 0 heterocycles. The van der Waals surface area contributed by atoms with Crippen molar-refractivity contribution in [3.63, 3.8) is 0 Å². The van der Waals surface area contributed by atoms with Gasteiger partial charge in [-0.1, -0.05) is 0 Å². The first-order valence-electron chi connectivity index (χ1n) is 0.894. The molecule has 0 spiro atoms. The first-order chi connectivity index (χ1) is 2.00. The maximum atomic E-state index is 7.33. The van der Waals surface area contributed by atoms with Gasteiger partial charge in [-0.2, -0.15) is 9.90 Å². The Labute approximate surface area is 81.3 Å². The van der Waals surface area contributed by atoms with Crippen molar-refractivity contribution in [1.82, 2.24) is 0 Å². The van der Waals surface area contributed by atoms with Crippen molar-refractivity contribution < 1.29 is 22.0 Å². The predicted molar refractivity (Wildman–Crippen MR) is 43.7 cm³/mol. The molecule has 0 fully saturated rings. The Bertz CT molecular complexity index is 38.7. The molecule has 4 nitrogen and oxygen atoms in total. The minimum Gasteiger partial charge on any atom is -1.00 e. The molecule has 8 heavy (non-hydrogen) atoms. The molecule has 0 amide bonds. The third-order valence-electron chi connectivity index (χ3n) is 0. The normalized spacial score (nSPS) is 7.50. The molecular weight excluding hydrogens is 174 g/mol. The minimum atomic E-state index is -4.61. The Hall–Kier alpha value is 1.79. The molecule has 50 valence electrons. The standard InChI is InChI=1S/Al.Mg.H4O4Si.H3P.5H/c;;1-5(2,3)4;;;;;;/h;;1-4H;1H3;;;;;/q;+2;;;;;;2*-1. The Balaban J connectivity index is -0.00000000800. The summed E-state index contributed by atoms with van der Waals surface area (Å²) in [7, 11) is -4.61. The van der Waals surface area contributed by atoms with Crippen LogP contribution < -0.4 is 0 Å². The van der Waals surface area contributed by atoms with Crippen LogP contribution in [-0.4, -0.2) is 68.6 Å². The van der Waals surface area contributed by atoms with Crippen molar-refractivity contribution in [1.29, 1.82) is 0 Å². The zero-order valence-electron chi connectivity index (χ0n) is 5.70. The molecule has 0 aromatic heterocycles. The average molecular weight is 186 g/mol. The summed E-state index contributed by atoms with van der Waals surface area (Å²) in [6, 6.07) is 0. The molecular formula is H12AlMgO4PSi. The molecule has 4 N–H and O–H groups in total. The van der Waals surface area contributed by atoms with E-state index in [0.29, 0.717) is 0 Å². The predicted octanol–water partition coefficient (Wildman–Crippen LogP) is -3.89. The first kappa shape index (κ1) is 22.6. The van der Waals surface area contributed by atoms with Crippen molar-refractivity contribution in [2.45, 2.75) is 0 Å². The van der Waals surface area contributed by atoms with Crippen LogP contribution in [0.5, 0.6) is 0 Å². The number of hydrogen-bond acceptors (Lipinski definition) is 4. The van der Waals surface area contributed by atoms with Crippen LogP contribution >= 0.6 is 9.90 Å². The van der Waals surface area contributed by atoms with E-state index in [-0.39, 0.29) is 53.2 Å². The third-order valence-corrected chi connectivity index (χ3v) is 0. The Kier molecular flexibility index (Phi) is 24.8. The molecule has 0 radical (unpaired) electrons. The summed E-state index contributed by atoms with van der Waals surface area (Å²) >= 11 is 0. The van der Waals surface area contributed by atoms with Gasteiger partial charge in [-0.3, -0.25) is 0 Å². The van der Waals surface area contributed by atoms with Crippen molar-refractivity contribution in [3.8, 4) is 0 Å². The van der Waals surface area contributed by atoms with Crippen LogP contribution in [0, 0.1) is 0 Å². The maximum Gasteiger partial charge on any atom is 2.00 e.